The molecule has 0 unspecified atom stereocenters. The molecule has 1 saturated heterocycles. The van der Waals surface area contributed by atoms with Crippen LogP contribution in [0, 0.1) is 11.8 Å². The highest BCUT2D eigenvalue weighted by atomic mass is 15.2. The highest BCUT2D eigenvalue weighted by molar-refractivity contribution is 4.89. The summed E-state index contributed by atoms with van der Waals surface area (Å²) in [6, 6.07) is 0.950. The van der Waals surface area contributed by atoms with Crippen molar-refractivity contribution in [3.63, 3.8) is 0 Å². The van der Waals surface area contributed by atoms with E-state index in [1.807, 2.05) is 0 Å². The van der Waals surface area contributed by atoms with E-state index in [9.17, 15) is 0 Å². The lowest BCUT2D eigenvalue weighted by molar-refractivity contribution is 0.182. The smallest absolute Gasteiger partial charge is 0.0121 e. The minimum Gasteiger partial charge on any atom is -0.303 e. The van der Waals surface area contributed by atoms with E-state index >= 15 is 0 Å². The summed E-state index contributed by atoms with van der Waals surface area (Å²) in [5.41, 5.74) is 0. The fourth-order valence-corrected chi connectivity index (χ4v) is 2.91. The lowest BCUT2D eigenvalue weighted by Gasteiger charge is -2.32. The summed E-state index contributed by atoms with van der Waals surface area (Å²) in [7, 11) is 2.29. The van der Waals surface area contributed by atoms with E-state index < -0.39 is 0 Å². The lowest BCUT2D eigenvalue weighted by atomic mass is 9.79. The molecule has 0 aromatic carbocycles. The first-order valence-electron chi connectivity index (χ1n) is 4.97. The van der Waals surface area contributed by atoms with Crippen molar-refractivity contribution in [3.05, 3.63) is 0 Å². The number of likely N-dealkylation sites (tertiary alicyclic amines) is 1. The molecule has 11 heavy (non-hydrogen) atoms. The summed E-state index contributed by atoms with van der Waals surface area (Å²) in [6.45, 7) is 3.76. The molecule has 1 aliphatic heterocycles. The van der Waals surface area contributed by atoms with Crippen LogP contribution < -0.4 is 0 Å². The summed E-state index contributed by atoms with van der Waals surface area (Å²) in [6.07, 6.45) is 5.88. The maximum atomic E-state index is 2.57. The maximum Gasteiger partial charge on any atom is 0.0121 e. The van der Waals surface area contributed by atoms with Crippen molar-refractivity contribution in [2.24, 2.45) is 11.8 Å². The molecule has 64 valence electrons. The largest absolute Gasteiger partial charge is 0.303 e. The van der Waals surface area contributed by atoms with Crippen molar-refractivity contribution in [1.29, 1.82) is 0 Å². The summed E-state index contributed by atoms with van der Waals surface area (Å²) in [5, 5.41) is 0. The zero-order valence-electron chi connectivity index (χ0n) is 7.71. The Morgan fingerprint density at radius 3 is 2.82 bits per heavy atom. The lowest BCUT2D eigenvalue weighted by Crippen LogP contribution is -2.33. The molecule has 2 aliphatic rings. The molecule has 1 saturated carbocycles. The van der Waals surface area contributed by atoms with Gasteiger partial charge >= 0.3 is 0 Å². The number of hydrogen-bond donors (Lipinski definition) is 0. The molecular weight excluding hydrogens is 134 g/mol. The Bertz CT molecular complexity index is 144. The minimum absolute atomic E-state index is 0.950. The number of rotatable bonds is 0. The molecule has 1 heterocycles. The predicted molar refractivity (Wildman–Crippen MR) is 47.5 cm³/mol. The normalized spacial score (nSPS) is 45.8. The Balaban J connectivity index is 2.00. The first-order valence-corrected chi connectivity index (χ1v) is 4.97. The van der Waals surface area contributed by atoms with Crippen molar-refractivity contribution in [2.45, 2.75) is 38.6 Å². The summed E-state index contributed by atoms with van der Waals surface area (Å²) < 4.78 is 0. The average molecular weight is 153 g/mol. The van der Waals surface area contributed by atoms with Gasteiger partial charge in [0.1, 0.15) is 0 Å². The van der Waals surface area contributed by atoms with Gasteiger partial charge in [-0.1, -0.05) is 6.92 Å². The SMILES string of the molecule is C[C@@H]1CC[C@H]2[C@H](CCN2C)C1. The van der Waals surface area contributed by atoms with E-state index in [0.29, 0.717) is 0 Å². The molecule has 0 aromatic heterocycles. The third-order valence-corrected chi connectivity index (χ3v) is 3.62. The van der Waals surface area contributed by atoms with Gasteiger partial charge < -0.3 is 4.90 Å². The summed E-state index contributed by atoms with van der Waals surface area (Å²) >= 11 is 0. The average Bonchev–Trinajstić information content (AvgIpc) is 2.32. The number of nitrogens with zero attached hydrogens (tertiary/aromatic N) is 1. The zero-order chi connectivity index (χ0) is 7.84. The van der Waals surface area contributed by atoms with Crippen LogP contribution in [-0.4, -0.2) is 24.5 Å². The molecule has 0 spiro atoms. The third-order valence-electron chi connectivity index (χ3n) is 3.62. The van der Waals surface area contributed by atoms with Gasteiger partial charge in [-0.15, -0.1) is 0 Å². The monoisotopic (exact) mass is 153 g/mol. The molecule has 1 heteroatoms. The van der Waals surface area contributed by atoms with Crippen molar-refractivity contribution in [1.82, 2.24) is 4.90 Å². The second kappa shape index (κ2) is 2.78. The third kappa shape index (κ3) is 1.31. The highest BCUT2D eigenvalue weighted by Crippen LogP contribution is 2.37. The van der Waals surface area contributed by atoms with E-state index in [-0.39, 0.29) is 0 Å². The molecule has 0 amide bonds. The molecule has 0 bridgehead atoms. The van der Waals surface area contributed by atoms with Crippen LogP contribution in [0.4, 0.5) is 0 Å². The van der Waals surface area contributed by atoms with Crippen LogP contribution in [0.2, 0.25) is 0 Å². The Morgan fingerprint density at radius 1 is 1.18 bits per heavy atom. The van der Waals surface area contributed by atoms with Crippen molar-refractivity contribution >= 4 is 0 Å². The van der Waals surface area contributed by atoms with Crippen LogP contribution in [0.15, 0.2) is 0 Å². The van der Waals surface area contributed by atoms with E-state index in [1.54, 1.807) is 0 Å². The van der Waals surface area contributed by atoms with Crippen LogP contribution in [0.5, 0.6) is 0 Å². The molecule has 1 aliphatic carbocycles. The predicted octanol–water partition coefficient (Wildman–Crippen LogP) is 2.13. The number of hydrogen-bond acceptors (Lipinski definition) is 1. The molecule has 2 rings (SSSR count). The van der Waals surface area contributed by atoms with E-state index in [1.165, 1.54) is 32.2 Å². The van der Waals surface area contributed by atoms with E-state index in [2.05, 4.69) is 18.9 Å². The highest BCUT2D eigenvalue weighted by Gasteiger charge is 2.35. The van der Waals surface area contributed by atoms with Crippen LogP contribution in [0.25, 0.3) is 0 Å². The topological polar surface area (TPSA) is 3.24 Å². The van der Waals surface area contributed by atoms with Gasteiger partial charge in [0.25, 0.3) is 0 Å². The summed E-state index contributed by atoms with van der Waals surface area (Å²) in [5.74, 6) is 2.05. The molecular formula is C10H19N. The summed E-state index contributed by atoms with van der Waals surface area (Å²) in [4.78, 5) is 2.57. The number of fused-ring (bicyclic) bond motifs is 1. The maximum absolute atomic E-state index is 2.57. The zero-order valence-corrected chi connectivity index (χ0v) is 7.71. The molecule has 0 aromatic rings. The Hall–Kier alpha value is -0.0400. The van der Waals surface area contributed by atoms with Crippen molar-refractivity contribution in [2.75, 3.05) is 13.6 Å². The van der Waals surface area contributed by atoms with Crippen molar-refractivity contribution in [3.8, 4) is 0 Å². The van der Waals surface area contributed by atoms with Gasteiger partial charge in [-0.05, 0) is 51.1 Å². The van der Waals surface area contributed by atoms with Gasteiger partial charge in [-0.3, -0.25) is 0 Å². The van der Waals surface area contributed by atoms with Gasteiger partial charge in [0.15, 0.2) is 0 Å². The molecule has 1 nitrogen and oxygen atoms in total. The molecule has 2 fully saturated rings. The Kier molecular flexibility index (Phi) is 1.92. The van der Waals surface area contributed by atoms with Crippen LogP contribution in [0.1, 0.15) is 32.6 Å². The van der Waals surface area contributed by atoms with E-state index in [0.717, 1.165) is 17.9 Å². The fraction of sp³-hybridized carbons (Fsp3) is 1.00. The van der Waals surface area contributed by atoms with Crippen molar-refractivity contribution < 1.29 is 0 Å². The molecule has 0 radical (unpaired) electrons. The standard InChI is InChI=1S/C10H19N/c1-8-3-4-10-9(7-8)5-6-11(10)2/h8-10H,3-7H2,1-2H3/t8-,9-,10+/m1/s1. The van der Waals surface area contributed by atoms with Gasteiger partial charge in [0, 0.05) is 6.04 Å². The van der Waals surface area contributed by atoms with E-state index in [4.69, 9.17) is 0 Å². The van der Waals surface area contributed by atoms with Crippen LogP contribution >= 0.6 is 0 Å². The first-order chi connectivity index (χ1) is 5.27. The van der Waals surface area contributed by atoms with Gasteiger partial charge in [-0.25, -0.2) is 0 Å². The second-order valence-corrected chi connectivity index (χ2v) is 4.51. The molecule has 3 atom stereocenters. The van der Waals surface area contributed by atoms with Gasteiger partial charge in [-0.2, -0.15) is 0 Å². The Morgan fingerprint density at radius 2 is 2.00 bits per heavy atom. The minimum atomic E-state index is 0.950. The quantitative estimate of drug-likeness (QED) is 0.515. The second-order valence-electron chi connectivity index (χ2n) is 4.51. The fourth-order valence-electron chi connectivity index (χ4n) is 2.91. The Labute approximate surface area is 69.8 Å². The van der Waals surface area contributed by atoms with Crippen LogP contribution in [0.3, 0.4) is 0 Å². The first kappa shape index (κ1) is 7.60. The van der Waals surface area contributed by atoms with Gasteiger partial charge in [0.05, 0.1) is 0 Å². The van der Waals surface area contributed by atoms with Gasteiger partial charge in [0.2, 0.25) is 0 Å². The van der Waals surface area contributed by atoms with Crippen LogP contribution in [-0.2, 0) is 0 Å². The molecule has 0 N–H and O–H groups in total.